The summed E-state index contributed by atoms with van der Waals surface area (Å²) in [5.41, 5.74) is 1.16. The van der Waals surface area contributed by atoms with Gasteiger partial charge in [0.2, 0.25) is 0 Å². The summed E-state index contributed by atoms with van der Waals surface area (Å²) in [6, 6.07) is 2.00. The second kappa shape index (κ2) is 10.0. The Morgan fingerprint density at radius 1 is 1.17 bits per heavy atom. The number of ether oxygens (including phenoxy) is 3. The first-order valence-electron chi connectivity index (χ1n) is 6.18. The van der Waals surface area contributed by atoms with Gasteiger partial charge >= 0.3 is 0 Å². The van der Waals surface area contributed by atoms with Crippen LogP contribution in [-0.2, 0) is 27.3 Å². The highest BCUT2D eigenvalue weighted by molar-refractivity contribution is 4.99. The van der Waals surface area contributed by atoms with Crippen molar-refractivity contribution >= 4 is 0 Å². The van der Waals surface area contributed by atoms with E-state index in [-0.39, 0.29) is 0 Å². The second-order valence-electron chi connectivity index (χ2n) is 3.79. The molecule has 1 aromatic heterocycles. The first-order valence-corrected chi connectivity index (χ1v) is 6.18. The van der Waals surface area contributed by atoms with Gasteiger partial charge in [-0.25, -0.2) is 0 Å². The van der Waals surface area contributed by atoms with E-state index in [9.17, 15) is 0 Å². The van der Waals surface area contributed by atoms with Crippen molar-refractivity contribution in [3.8, 4) is 0 Å². The molecular weight excluding hydrogens is 234 g/mol. The minimum absolute atomic E-state index is 0.603. The van der Waals surface area contributed by atoms with E-state index in [0.29, 0.717) is 33.0 Å². The highest BCUT2D eigenvalue weighted by Crippen LogP contribution is 1.98. The topological polar surface area (TPSA) is 57.5 Å². The molecule has 0 aliphatic carbocycles. The molecule has 6 nitrogen and oxygen atoms in total. The molecule has 1 rings (SSSR count). The third-order valence-electron chi connectivity index (χ3n) is 2.41. The molecule has 18 heavy (non-hydrogen) atoms. The molecular formula is C12H23N3O3. The van der Waals surface area contributed by atoms with Gasteiger partial charge in [-0.3, -0.25) is 4.68 Å². The summed E-state index contributed by atoms with van der Waals surface area (Å²) >= 11 is 0. The van der Waals surface area contributed by atoms with Crippen LogP contribution in [0, 0.1) is 0 Å². The van der Waals surface area contributed by atoms with E-state index >= 15 is 0 Å². The van der Waals surface area contributed by atoms with Crippen LogP contribution in [-0.4, -0.2) is 57.0 Å². The average molecular weight is 257 g/mol. The number of hydrogen-bond donors (Lipinski definition) is 1. The molecule has 6 heteroatoms. The Kier molecular flexibility index (Phi) is 8.41. The Hall–Kier alpha value is -0.950. The van der Waals surface area contributed by atoms with Crippen molar-refractivity contribution in [2.24, 2.45) is 0 Å². The van der Waals surface area contributed by atoms with Crippen molar-refractivity contribution in [3.63, 3.8) is 0 Å². The van der Waals surface area contributed by atoms with Gasteiger partial charge in [-0.05, 0) is 13.1 Å². The number of rotatable bonds is 11. The molecule has 0 aliphatic heterocycles. The molecule has 0 aliphatic rings. The van der Waals surface area contributed by atoms with Gasteiger partial charge in [-0.1, -0.05) is 0 Å². The molecule has 0 amide bonds. The van der Waals surface area contributed by atoms with Gasteiger partial charge in [0.25, 0.3) is 0 Å². The average Bonchev–Trinajstić information content (AvgIpc) is 2.81. The summed E-state index contributed by atoms with van der Waals surface area (Å²) in [6.45, 7) is 4.68. The molecule has 0 fully saturated rings. The number of nitrogens with one attached hydrogen (secondary N) is 1. The maximum absolute atomic E-state index is 5.47. The molecule has 0 saturated carbocycles. The Morgan fingerprint density at radius 2 is 1.89 bits per heavy atom. The summed E-state index contributed by atoms with van der Waals surface area (Å²) in [6.07, 6.45) is 1.81. The fraction of sp³-hybridized carbons (Fsp3) is 0.750. The van der Waals surface area contributed by atoms with E-state index in [1.54, 1.807) is 13.3 Å². The second-order valence-corrected chi connectivity index (χ2v) is 3.79. The van der Waals surface area contributed by atoms with Crippen molar-refractivity contribution in [2.45, 2.75) is 13.1 Å². The molecule has 0 atom stereocenters. The van der Waals surface area contributed by atoms with Crippen molar-refractivity contribution in [2.75, 3.05) is 47.2 Å². The first-order chi connectivity index (χ1) is 8.88. The van der Waals surface area contributed by atoms with Crippen LogP contribution in [0.1, 0.15) is 5.69 Å². The molecule has 0 unspecified atom stereocenters. The van der Waals surface area contributed by atoms with E-state index in [1.807, 2.05) is 17.8 Å². The molecule has 1 aromatic rings. The summed E-state index contributed by atoms with van der Waals surface area (Å²) in [5.74, 6) is 0. The van der Waals surface area contributed by atoms with E-state index in [4.69, 9.17) is 14.2 Å². The predicted octanol–water partition coefficient (Wildman–Crippen LogP) is 0.282. The van der Waals surface area contributed by atoms with E-state index in [0.717, 1.165) is 18.8 Å². The predicted molar refractivity (Wildman–Crippen MR) is 68.5 cm³/mol. The lowest BCUT2D eigenvalue weighted by atomic mass is 10.4. The Bertz CT molecular complexity index is 305. The van der Waals surface area contributed by atoms with Gasteiger partial charge in [0.15, 0.2) is 0 Å². The van der Waals surface area contributed by atoms with Crippen LogP contribution in [0.4, 0.5) is 0 Å². The van der Waals surface area contributed by atoms with Crippen LogP contribution in [0.15, 0.2) is 12.3 Å². The molecule has 1 heterocycles. The van der Waals surface area contributed by atoms with Crippen molar-refractivity contribution < 1.29 is 14.2 Å². The molecule has 0 aromatic carbocycles. The number of hydrogen-bond acceptors (Lipinski definition) is 5. The van der Waals surface area contributed by atoms with Crippen LogP contribution < -0.4 is 5.32 Å². The lowest BCUT2D eigenvalue weighted by molar-refractivity contribution is 0.0224. The normalized spacial score (nSPS) is 11.0. The smallest absolute Gasteiger partial charge is 0.0701 e. The van der Waals surface area contributed by atoms with E-state index < -0.39 is 0 Å². The summed E-state index contributed by atoms with van der Waals surface area (Å²) in [4.78, 5) is 0. The standard InChI is InChI=1S/C12H23N3O3/c1-13-11-12-3-4-14-15(12)5-6-17-9-10-18-8-7-16-2/h3-4,13H,5-11H2,1-2H3. The largest absolute Gasteiger partial charge is 0.382 e. The Labute approximate surface area is 108 Å². The van der Waals surface area contributed by atoms with E-state index in [1.165, 1.54) is 0 Å². The van der Waals surface area contributed by atoms with E-state index in [2.05, 4.69) is 10.4 Å². The van der Waals surface area contributed by atoms with Crippen LogP contribution in [0.5, 0.6) is 0 Å². The van der Waals surface area contributed by atoms with Crippen LogP contribution in [0.25, 0.3) is 0 Å². The minimum atomic E-state index is 0.603. The molecule has 0 radical (unpaired) electrons. The van der Waals surface area contributed by atoms with Gasteiger partial charge in [-0.15, -0.1) is 0 Å². The number of nitrogens with zero attached hydrogens (tertiary/aromatic N) is 2. The first kappa shape index (κ1) is 15.1. The van der Waals surface area contributed by atoms with Crippen LogP contribution in [0.2, 0.25) is 0 Å². The minimum Gasteiger partial charge on any atom is -0.382 e. The van der Waals surface area contributed by atoms with Gasteiger partial charge in [0.1, 0.15) is 0 Å². The zero-order valence-electron chi connectivity index (χ0n) is 11.2. The quantitative estimate of drug-likeness (QED) is 0.577. The fourth-order valence-corrected chi connectivity index (χ4v) is 1.51. The van der Waals surface area contributed by atoms with Gasteiger partial charge in [-0.2, -0.15) is 5.10 Å². The Morgan fingerprint density at radius 3 is 2.61 bits per heavy atom. The highest BCUT2D eigenvalue weighted by atomic mass is 16.5. The maximum Gasteiger partial charge on any atom is 0.0701 e. The zero-order valence-corrected chi connectivity index (χ0v) is 11.2. The van der Waals surface area contributed by atoms with Crippen LogP contribution >= 0.6 is 0 Å². The zero-order chi connectivity index (χ0) is 13.1. The SMILES string of the molecule is CNCc1ccnn1CCOCCOCCOC. The fourth-order valence-electron chi connectivity index (χ4n) is 1.51. The van der Waals surface area contributed by atoms with Gasteiger partial charge in [0.05, 0.1) is 45.3 Å². The monoisotopic (exact) mass is 257 g/mol. The lowest BCUT2D eigenvalue weighted by Crippen LogP contribution is -2.16. The summed E-state index contributed by atoms with van der Waals surface area (Å²) in [7, 11) is 3.58. The summed E-state index contributed by atoms with van der Waals surface area (Å²) in [5, 5.41) is 7.35. The molecule has 1 N–H and O–H groups in total. The Balaban J connectivity index is 2.01. The van der Waals surface area contributed by atoms with Crippen molar-refractivity contribution in [3.05, 3.63) is 18.0 Å². The number of aromatic nitrogens is 2. The molecule has 0 spiro atoms. The van der Waals surface area contributed by atoms with Crippen molar-refractivity contribution in [1.29, 1.82) is 0 Å². The van der Waals surface area contributed by atoms with Gasteiger partial charge < -0.3 is 19.5 Å². The number of methoxy groups -OCH3 is 1. The van der Waals surface area contributed by atoms with Crippen molar-refractivity contribution in [1.82, 2.24) is 15.1 Å². The third-order valence-corrected chi connectivity index (χ3v) is 2.41. The third kappa shape index (κ3) is 6.11. The molecule has 0 bridgehead atoms. The van der Waals surface area contributed by atoms with Crippen LogP contribution in [0.3, 0.4) is 0 Å². The molecule has 104 valence electrons. The lowest BCUT2D eigenvalue weighted by Gasteiger charge is -2.08. The summed E-state index contributed by atoms with van der Waals surface area (Å²) < 4.78 is 17.6. The maximum atomic E-state index is 5.47. The van der Waals surface area contributed by atoms with Gasteiger partial charge in [0, 0.05) is 19.9 Å². The highest BCUT2D eigenvalue weighted by Gasteiger charge is 2.00. The molecule has 0 saturated heterocycles.